The number of rotatable bonds is 1. The van der Waals surface area contributed by atoms with Gasteiger partial charge in [0.1, 0.15) is 5.60 Å². The molecular weight excluding hydrogens is 395 g/mol. The first-order valence-corrected chi connectivity index (χ1v) is 9.36. The Bertz CT molecular complexity index is 436. The van der Waals surface area contributed by atoms with E-state index >= 15 is 0 Å². The molecular formula is C16H27IN2O3. The fourth-order valence-corrected chi connectivity index (χ4v) is 3.93. The summed E-state index contributed by atoms with van der Waals surface area (Å²) in [6.45, 7) is 9.93. The van der Waals surface area contributed by atoms with E-state index in [-0.39, 0.29) is 22.0 Å². The molecule has 2 heterocycles. The minimum atomic E-state index is -0.482. The van der Waals surface area contributed by atoms with Crippen molar-refractivity contribution in [2.24, 2.45) is 5.92 Å². The molecule has 0 unspecified atom stereocenters. The largest absolute Gasteiger partial charge is 0.444 e. The lowest BCUT2D eigenvalue weighted by molar-refractivity contribution is -0.137. The molecule has 2 fully saturated rings. The molecule has 5 nitrogen and oxygen atoms in total. The van der Waals surface area contributed by atoms with Crippen LogP contribution in [0.2, 0.25) is 0 Å². The van der Waals surface area contributed by atoms with E-state index in [1.54, 1.807) is 4.90 Å². The molecule has 0 aromatic heterocycles. The fourth-order valence-electron chi connectivity index (χ4n) is 3.13. The molecule has 0 radical (unpaired) electrons. The van der Waals surface area contributed by atoms with Crippen molar-refractivity contribution in [3.05, 3.63) is 0 Å². The fraction of sp³-hybridized carbons (Fsp3) is 0.875. The molecule has 0 saturated carbocycles. The van der Waals surface area contributed by atoms with Crippen molar-refractivity contribution >= 4 is 34.6 Å². The van der Waals surface area contributed by atoms with Crippen molar-refractivity contribution in [3.8, 4) is 0 Å². The third-order valence-corrected chi connectivity index (χ3v) is 5.53. The summed E-state index contributed by atoms with van der Waals surface area (Å²) in [5.74, 6) is 0.652. The number of piperidine rings is 2. The molecule has 2 saturated heterocycles. The molecule has 0 N–H and O–H groups in total. The van der Waals surface area contributed by atoms with Gasteiger partial charge in [0.05, 0.1) is 9.97 Å². The Labute approximate surface area is 146 Å². The number of nitrogens with zero attached hydrogens (tertiary/aromatic N) is 2. The van der Waals surface area contributed by atoms with Gasteiger partial charge in [0.2, 0.25) is 5.91 Å². The van der Waals surface area contributed by atoms with Crippen LogP contribution in [0.1, 0.15) is 47.0 Å². The van der Waals surface area contributed by atoms with E-state index in [9.17, 15) is 9.59 Å². The molecule has 22 heavy (non-hydrogen) atoms. The van der Waals surface area contributed by atoms with Gasteiger partial charge in [0.15, 0.2) is 0 Å². The number of carbonyl (C=O) groups is 2. The zero-order valence-electron chi connectivity index (χ0n) is 14.0. The quantitative estimate of drug-likeness (QED) is 0.482. The van der Waals surface area contributed by atoms with Crippen LogP contribution in [0.25, 0.3) is 0 Å². The van der Waals surface area contributed by atoms with Gasteiger partial charge >= 0.3 is 6.09 Å². The first kappa shape index (κ1) is 17.8. The van der Waals surface area contributed by atoms with Gasteiger partial charge in [-0.1, -0.05) is 29.5 Å². The second kappa shape index (κ2) is 6.93. The summed E-state index contributed by atoms with van der Waals surface area (Å²) >= 11 is 2.24. The standard InChI is InChI=1S/C16H27IN2O3/c1-11-7-9-18(15(21)22-16(2,3)4)10-13(11)19-8-5-6-12(17)14(19)20/h11-13H,5-10H2,1-4H3/t11-,12+,13-/m0/s1. The Balaban J connectivity index is 2.05. The monoisotopic (exact) mass is 422 g/mol. The van der Waals surface area contributed by atoms with Crippen LogP contribution in [0.3, 0.4) is 0 Å². The van der Waals surface area contributed by atoms with Crippen LogP contribution in [0, 0.1) is 5.92 Å². The highest BCUT2D eigenvalue weighted by Gasteiger charge is 2.39. The average Bonchev–Trinajstić information content (AvgIpc) is 2.41. The zero-order valence-corrected chi connectivity index (χ0v) is 16.1. The first-order chi connectivity index (χ1) is 10.2. The van der Waals surface area contributed by atoms with Crippen LogP contribution in [0.4, 0.5) is 4.79 Å². The molecule has 3 atom stereocenters. The van der Waals surface area contributed by atoms with E-state index in [0.29, 0.717) is 19.0 Å². The number of likely N-dealkylation sites (tertiary alicyclic amines) is 2. The Hall–Kier alpha value is -0.530. The lowest BCUT2D eigenvalue weighted by Gasteiger charge is -2.45. The highest BCUT2D eigenvalue weighted by Crippen LogP contribution is 2.28. The van der Waals surface area contributed by atoms with E-state index in [4.69, 9.17) is 4.74 Å². The second-order valence-corrected chi connectivity index (χ2v) is 8.90. The molecule has 0 aliphatic carbocycles. The first-order valence-electron chi connectivity index (χ1n) is 8.11. The van der Waals surface area contributed by atoms with Crippen molar-refractivity contribution in [3.63, 3.8) is 0 Å². The SMILES string of the molecule is C[C@H]1CCN(C(=O)OC(C)(C)C)C[C@@H]1N1CCC[C@@H](I)C1=O. The predicted molar refractivity (Wildman–Crippen MR) is 94.1 cm³/mol. The Morgan fingerprint density at radius 2 is 1.95 bits per heavy atom. The molecule has 2 rings (SSSR count). The summed E-state index contributed by atoms with van der Waals surface area (Å²) in [6, 6.07) is 0.117. The Morgan fingerprint density at radius 1 is 1.27 bits per heavy atom. The number of ether oxygens (including phenoxy) is 1. The number of hydrogen-bond donors (Lipinski definition) is 0. The summed E-state index contributed by atoms with van der Waals surface area (Å²) in [6.07, 6.45) is 2.67. The lowest BCUT2D eigenvalue weighted by atomic mass is 9.90. The van der Waals surface area contributed by atoms with E-state index in [2.05, 4.69) is 29.5 Å². The average molecular weight is 422 g/mol. The van der Waals surface area contributed by atoms with Crippen molar-refractivity contribution in [1.82, 2.24) is 9.80 Å². The maximum Gasteiger partial charge on any atom is 0.410 e. The number of halogens is 1. The minimum Gasteiger partial charge on any atom is -0.444 e. The summed E-state index contributed by atoms with van der Waals surface area (Å²) < 4.78 is 5.56. The van der Waals surface area contributed by atoms with E-state index in [1.807, 2.05) is 25.7 Å². The summed E-state index contributed by atoms with van der Waals surface area (Å²) in [5.41, 5.74) is -0.482. The van der Waals surface area contributed by atoms with Crippen LogP contribution in [0.15, 0.2) is 0 Å². The van der Waals surface area contributed by atoms with Gasteiger partial charge in [-0.05, 0) is 46.0 Å². The smallest absolute Gasteiger partial charge is 0.410 e. The van der Waals surface area contributed by atoms with Gasteiger partial charge in [-0.3, -0.25) is 4.79 Å². The van der Waals surface area contributed by atoms with Crippen molar-refractivity contribution < 1.29 is 14.3 Å². The van der Waals surface area contributed by atoms with Crippen molar-refractivity contribution in [2.75, 3.05) is 19.6 Å². The van der Waals surface area contributed by atoms with Crippen LogP contribution >= 0.6 is 22.6 Å². The Kier molecular flexibility index (Phi) is 5.61. The predicted octanol–water partition coefficient (Wildman–Crippen LogP) is 3.06. The molecule has 2 aliphatic heterocycles. The molecule has 0 spiro atoms. The Morgan fingerprint density at radius 3 is 2.59 bits per heavy atom. The van der Waals surface area contributed by atoms with Crippen LogP contribution < -0.4 is 0 Å². The summed E-state index contributed by atoms with van der Waals surface area (Å²) in [5, 5.41) is 0. The van der Waals surface area contributed by atoms with Gasteiger partial charge in [0.25, 0.3) is 0 Å². The summed E-state index contributed by atoms with van der Waals surface area (Å²) in [7, 11) is 0. The molecule has 0 aromatic rings. The number of hydrogen-bond acceptors (Lipinski definition) is 3. The third-order valence-electron chi connectivity index (χ3n) is 4.38. The molecule has 2 aliphatic rings. The van der Waals surface area contributed by atoms with Crippen LogP contribution in [-0.2, 0) is 9.53 Å². The van der Waals surface area contributed by atoms with Gasteiger partial charge in [0, 0.05) is 19.6 Å². The number of amides is 2. The van der Waals surface area contributed by atoms with Gasteiger partial charge in [-0.2, -0.15) is 0 Å². The highest BCUT2D eigenvalue weighted by molar-refractivity contribution is 14.1. The van der Waals surface area contributed by atoms with Gasteiger partial charge in [-0.15, -0.1) is 0 Å². The number of alkyl halides is 1. The highest BCUT2D eigenvalue weighted by atomic mass is 127. The number of carbonyl (C=O) groups excluding carboxylic acids is 2. The van der Waals surface area contributed by atoms with E-state index < -0.39 is 5.60 Å². The lowest BCUT2D eigenvalue weighted by Crippen LogP contribution is -2.58. The summed E-state index contributed by atoms with van der Waals surface area (Å²) in [4.78, 5) is 28.5. The topological polar surface area (TPSA) is 49.9 Å². The van der Waals surface area contributed by atoms with Crippen LogP contribution in [0.5, 0.6) is 0 Å². The second-order valence-electron chi connectivity index (χ2n) is 7.40. The zero-order chi connectivity index (χ0) is 16.5. The van der Waals surface area contributed by atoms with E-state index in [1.165, 1.54) is 0 Å². The van der Waals surface area contributed by atoms with Gasteiger partial charge in [-0.25, -0.2) is 4.79 Å². The van der Waals surface area contributed by atoms with Crippen molar-refractivity contribution in [1.29, 1.82) is 0 Å². The molecule has 0 bridgehead atoms. The van der Waals surface area contributed by atoms with Gasteiger partial charge < -0.3 is 14.5 Å². The minimum absolute atomic E-state index is 0.0791. The van der Waals surface area contributed by atoms with Crippen LogP contribution in [-0.4, -0.2) is 57.0 Å². The van der Waals surface area contributed by atoms with E-state index in [0.717, 1.165) is 25.8 Å². The molecule has 6 heteroatoms. The molecule has 0 aromatic carbocycles. The third kappa shape index (κ3) is 4.26. The maximum atomic E-state index is 12.5. The van der Waals surface area contributed by atoms with Crippen molar-refractivity contribution in [2.45, 2.75) is 62.5 Å². The maximum absolute atomic E-state index is 12.5. The normalized spacial score (nSPS) is 30.4. The molecule has 126 valence electrons. The molecule has 2 amide bonds.